The van der Waals surface area contributed by atoms with E-state index >= 15 is 4.39 Å². The molecule has 1 N–H and O–H groups in total. The summed E-state index contributed by atoms with van der Waals surface area (Å²) in [7, 11) is 0. The van der Waals surface area contributed by atoms with Crippen molar-refractivity contribution < 1.29 is 13.5 Å². The number of fused-ring (bicyclic) bond motifs is 1. The van der Waals surface area contributed by atoms with E-state index in [1.807, 2.05) is 36.4 Å². The molecule has 1 fully saturated rings. The highest BCUT2D eigenvalue weighted by molar-refractivity contribution is 6.05. The zero-order chi connectivity index (χ0) is 24.2. The first-order valence-corrected chi connectivity index (χ1v) is 12.3. The molecule has 2 aromatic heterocycles. The van der Waals surface area contributed by atoms with Crippen LogP contribution in [0.1, 0.15) is 26.7 Å². The second-order valence-corrected chi connectivity index (χ2v) is 9.39. The van der Waals surface area contributed by atoms with E-state index in [0.717, 1.165) is 42.7 Å². The topological polar surface area (TPSA) is 63.4 Å². The third-order valence-corrected chi connectivity index (χ3v) is 6.29. The number of furan rings is 1. The molecule has 0 spiro atoms. The van der Waals surface area contributed by atoms with Crippen LogP contribution in [-0.2, 0) is 0 Å². The molecule has 0 bridgehead atoms. The predicted octanol–water partition coefficient (Wildman–Crippen LogP) is 6.24. The summed E-state index contributed by atoms with van der Waals surface area (Å²) in [5, 5.41) is 4.21. The number of hydrogen-bond donors (Lipinski definition) is 1. The number of benzene rings is 2. The van der Waals surface area contributed by atoms with Crippen molar-refractivity contribution in [3.8, 4) is 28.2 Å². The minimum Gasteiger partial charge on any atom is -0.489 e. The van der Waals surface area contributed by atoms with E-state index < -0.39 is 5.82 Å². The first-order valence-electron chi connectivity index (χ1n) is 12.3. The largest absolute Gasteiger partial charge is 0.489 e. The van der Waals surface area contributed by atoms with Crippen LogP contribution in [0.2, 0.25) is 0 Å². The van der Waals surface area contributed by atoms with Crippen molar-refractivity contribution in [2.75, 3.05) is 38.1 Å². The minimum absolute atomic E-state index is 0.254. The van der Waals surface area contributed by atoms with E-state index in [-0.39, 0.29) is 5.75 Å². The van der Waals surface area contributed by atoms with Gasteiger partial charge in [-0.25, -0.2) is 14.4 Å². The van der Waals surface area contributed by atoms with Crippen molar-refractivity contribution in [1.82, 2.24) is 14.9 Å². The minimum atomic E-state index is -0.410. The van der Waals surface area contributed by atoms with Crippen LogP contribution in [-0.4, -0.2) is 47.7 Å². The molecule has 1 aliphatic rings. The van der Waals surface area contributed by atoms with Gasteiger partial charge in [-0.15, -0.1) is 0 Å². The highest BCUT2D eigenvalue weighted by atomic mass is 19.1. The molecule has 1 saturated heterocycles. The fourth-order valence-corrected chi connectivity index (χ4v) is 4.50. The highest BCUT2D eigenvalue weighted by Gasteiger charge is 2.23. The molecule has 2 aromatic carbocycles. The van der Waals surface area contributed by atoms with Gasteiger partial charge in [-0.2, -0.15) is 0 Å². The summed E-state index contributed by atoms with van der Waals surface area (Å²) in [4.78, 5) is 11.2. The van der Waals surface area contributed by atoms with Crippen LogP contribution in [0.25, 0.3) is 33.6 Å². The van der Waals surface area contributed by atoms with Crippen molar-refractivity contribution in [2.24, 2.45) is 5.92 Å². The maximum atomic E-state index is 15.1. The van der Waals surface area contributed by atoms with Crippen molar-refractivity contribution in [3.05, 3.63) is 60.7 Å². The number of rotatable bonds is 9. The summed E-state index contributed by atoms with van der Waals surface area (Å²) < 4.78 is 27.1. The van der Waals surface area contributed by atoms with E-state index in [1.165, 1.54) is 25.2 Å². The summed E-state index contributed by atoms with van der Waals surface area (Å²) in [6, 6.07) is 14.9. The normalized spacial score (nSPS) is 14.2. The summed E-state index contributed by atoms with van der Waals surface area (Å²) in [5.74, 6) is 1.55. The Bertz CT molecular complexity index is 1280. The van der Waals surface area contributed by atoms with Gasteiger partial charge in [-0.3, -0.25) is 4.90 Å². The Morgan fingerprint density at radius 3 is 2.60 bits per heavy atom. The summed E-state index contributed by atoms with van der Waals surface area (Å²) in [5.41, 5.74) is 2.89. The number of nitrogens with zero attached hydrogens (tertiary/aromatic N) is 3. The molecule has 5 rings (SSSR count). The average Bonchev–Trinajstić information content (AvgIpc) is 3.52. The molecule has 7 heteroatoms. The Kier molecular flexibility index (Phi) is 6.95. The van der Waals surface area contributed by atoms with Crippen LogP contribution < -0.4 is 10.1 Å². The second kappa shape index (κ2) is 10.4. The van der Waals surface area contributed by atoms with Gasteiger partial charge in [0.15, 0.2) is 11.6 Å². The zero-order valence-corrected chi connectivity index (χ0v) is 20.3. The Labute approximate surface area is 205 Å². The molecular weight excluding hydrogens is 443 g/mol. The number of likely N-dealkylation sites (tertiary alicyclic amines) is 1. The molecule has 0 saturated carbocycles. The standard InChI is InChI=1S/C28H31FN4O2/c1-19(2)17-30-27-25-24(20-8-4-3-5-9-20)26(35-28(25)32-18-31-27)21-10-11-23(22(29)16-21)34-15-14-33-12-6-7-13-33/h3-5,8-11,16,18-19H,6-7,12-15,17H2,1-2H3,(H,30,31,32). The molecular formula is C28H31FN4O2. The first-order chi connectivity index (χ1) is 17.1. The average molecular weight is 475 g/mol. The van der Waals surface area contributed by atoms with Crippen LogP contribution in [0.5, 0.6) is 5.75 Å². The predicted molar refractivity (Wildman–Crippen MR) is 137 cm³/mol. The first kappa shape index (κ1) is 23.3. The summed E-state index contributed by atoms with van der Waals surface area (Å²) in [6.45, 7) is 8.51. The van der Waals surface area contributed by atoms with Gasteiger partial charge in [0.2, 0.25) is 5.71 Å². The number of halogens is 1. The summed E-state index contributed by atoms with van der Waals surface area (Å²) >= 11 is 0. The van der Waals surface area contributed by atoms with Crippen LogP contribution in [0.3, 0.4) is 0 Å². The lowest BCUT2D eigenvalue weighted by Crippen LogP contribution is -2.25. The van der Waals surface area contributed by atoms with Gasteiger partial charge >= 0.3 is 0 Å². The SMILES string of the molecule is CC(C)CNc1ncnc2oc(-c3ccc(OCCN4CCCC4)c(F)c3)c(-c3ccccc3)c12. The fourth-order valence-electron chi connectivity index (χ4n) is 4.50. The Hall–Kier alpha value is -3.45. The van der Waals surface area contributed by atoms with Crippen molar-refractivity contribution in [1.29, 1.82) is 0 Å². The van der Waals surface area contributed by atoms with Gasteiger partial charge in [-0.1, -0.05) is 44.2 Å². The van der Waals surface area contributed by atoms with Gasteiger partial charge in [0, 0.05) is 24.2 Å². The van der Waals surface area contributed by atoms with E-state index in [0.29, 0.717) is 35.4 Å². The van der Waals surface area contributed by atoms with Crippen molar-refractivity contribution in [2.45, 2.75) is 26.7 Å². The maximum Gasteiger partial charge on any atom is 0.232 e. The van der Waals surface area contributed by atoms with Crippen LogP contribution in [0.4, 0.5) is 10.2 Å². The molecule has 35 heavy (non-hydrogen) atoms. The monoisotopic (exact) mass is 474 g/mol. The van der Waals surface area contributed by atoms with E-state index in [4.69, 9.17) is 9.15 Å². The van der Waals surface area contributed by atoms with Crippen molar-refractivity contribution in [3.63, 3.8) is 0 Å². The molecule has 0 unspecified atom stereocenters. The molecule has 6 nitrogen and oxygen atoms in total. The van der Waals surface area contributed by atoms with Gasteiger partial charge in [0.05, 0.1) is 5.39 Å². The number of ether oxygens (including phenoxy) is 1. The van der Waals surface area contributed by atoms with Crippen molar-refractivity contribution >= 4 is 16.9 Å². The quantitative estimate of drug-likeness (QED) is 0.310. The second-order valence-electron chi connectivity index (χ2n) is 9.39. The molecule has 1 aliphatic heterocycles. The third-order valence-electron chi connectivity index (χ3n) is 6.29. The van der Waals surface area contributed by atoms with Crippen LogP contribution in [0.15, 0.2) is 59.3 Å². The molecule has 0 radical (unpaired) electrons. The molecule has 0 aliphatic carbocycles. The van der Waals surface area contributed by atoms with E-state index in [9.17, 15) is 0 Å². The lowest BCUT2D eigenvalue weighted by molar-refractivity contribution is 0.231. The third kappa shape index (κ3) is 5.15. The molecule has 0 amide bonds. The zero-order valence-electron chi connectivity index (χ0n) is 20.3. The lowest BCUT2D eigenvalue weighted by Gasteiger charge is -2.15. The number of nitrogens with one attached hydrogen (secondary N) is 1. The molecule has 182 valence electrons. The van der Waals surface area contributed by atoms with Crippen LogP contribution >= 0.6 is 0 Å². The highest BCUT2D eigenvalue weighted by Crippen LogP contribution is 2.43. The van der Waals surface area contributed by atoms with Gasteiger partial charge < -0.3 is 14.5 Å². The number of aromatic nitrogens is 2. The van der Waals surface area contributed by atoms with E-state index in [2.05, 4.69) is 34.0 Å². The maximum absolute atomic E-state index is 15.1. The van der Waals surface area contributed by atoms with Crippen LogP contribution in [0, 0.1) is 11.7 Å². The Morgan fingerprint density at radius 2 is 1.86 bits per heavy atom. The van der Waals surface area contributed by atoms with Gasteiger partial charge in [0.1, 0.15) is 24.5 Å². The molecule has 3 heterocycles. The number of hydrogen-bond acceptors (Lipinski definition) is 6. The van der Waals surface area contributed by atoms with Gasteiger partial charge in [-0.05, 0) is 55.6 Å². The van der Waals surface area contributed by atoms with E-state index in [1.54, 1.807) is 6.07 Å². The van der Waals surface area contributed by atoms with Gasteiger partial charge in [0.25, 0.3) is 0 Å². The summed E-state index contributed by atoms with van der Waals surface area (Å²) in [6.07, 6.45) is 3.94. The lowest BCUT2D eigenvalue weighted by atomic mass is 9.99. The Balaban J connectivity index is 1.50. The number of anilines is 1. The smallest absolute Gasteiger partial charge is 0.232 e. The Morgan fingerprint density at radius 1 is 1.06 bits per heavy atom. The fraction of sp³-hybridized carbons (Fsp3) is 0.357. The molecule has 4 aromatic rings. The molecule has 0 atom stereocenters.